The monoisotopic (exact) mass is 234 g/mol. The summed E-state index contributed by atoms with van der Waals surface area (Å²) in [5.74, 6) is 0.740. The quantitative estimate of drug-likeness (QED) is 0.536. The Labute approximate surface area is 102 Å². The average Bonchev–Trinajstić information content (AvgIpc) is 2.36. The lowest BCUT2D eigenvalue weighted by atomic mass is 10.2. The average molecular weight is 234 g/mol. The van der Waals surface area contributed by atoms with Crippen molar-refractivity contribution in [3.8, 4) is 5.75 Å². The summed E-state index contributed by atoms with van der Waals surface area (Å²) in [6.07, 6.45) is 2.38. The van der Waals surface area contributed by atoms with E-state index >= 15 is 0 Å². The van der Waals surface area contributed by atoms with Gasteiger partial charge >= 0.3 is 0 Å². The normalized spacial score (nSPS) is 11.8. The number of nitrogens with zero attached hydrogens (tertiary/aromatic N) is 2. The van der Waals surface area contributed by atoms with Crippen molar-refractivity contribution in [2.24, 2.45) is 0 Å². The zero-order valence-electron chi connectivity index (χ0n) is 10.3. The largest absolute Gasteiger partial charge is 0.490 e. The van der Waals surface area contributed by atoms with Crippen molar-refractivity contribution in [3.63, 3.8) is 0 Å². The molecule has 0 saturated heterocycles. The minimum absolute atomic E-state index is 0.0211. The zero-order chi connectivity index (χ0) is 12.5. The van der Waals surface area contributed by atoms with Gasteiger partial charge in [0.05, 0.1) is 19.2 Å². The van der Waals surface area contributed by atoms with E-state index in [0.29, 0.717) is 26.2 Å². The number of hydrogen-bond acceptors (Lipinski definition) is 3. The van der Waals surface area contributed by atoms with E-state index in [4.69, 9.17) is 16.0 Å². The van der Waals surface area contributed by atoms with Gasteiger partial charge in [0.25, 0.3) is 0 Å². The molecule has 0 aliphatic rings. The van der Waals surface area contributed by atoms with Crippen molar-refractivity contribution in [2.75, 3.05) is 19.8 Å². The Bertz CT molecular complexity index is 357. The minimum atomic E-state index is -0.0211. The lowest BCUT2D eigenvalue weighted by Crippen LogP contribution is -2.07. The van der Waals surface area contributed by atoms with Crippen LogP contribution in [-0.4, -0.2) is 30.8 Å². The first-order valence-electron chi connectivity index (χ1n) is 5.78. The van der Waals surface area contributed by atoms with Crippen LogP contribution in [0.2, 0.25) is 0 Å². The molecule has 0 aliphatic carbocycles. The second-order valence-corrected chi connectivity index (χ2v) is 3.71. The molecule has 1 atom stereocenters. The Morgan fingerprint density at radius 1 is 1.41 bits per heavy atom. The summed E-state index contributed by atoms with van der Waals surface area (Å²) < 4.78 is 10.6. The van der Waals surface area contributed by atoms with Crippen LogP contribution in [0.3, 0.4) is 0 Å². The number of pyridine rings is 1. The lowest BCUT2D eigenvalue weighted by Gasteiger charge is -2.06. The van der Waals surface area contributed by atoms with Gasteiger partial charge in [-0.05, 0) is 19.1 Å². The zero-order valence-corrected chi connectivity index (χ0v) is 10.3. The Kier molecular flexibility index (Phi) is 6.05. The van der Waals surface area contributed by atoms with Gasteiger partial charge in [-0.25, -0.2) is 6.57 Å². The molecule has 1 heterocycles. The fourth-order valence-corrected chi connectivity index (χ4v) is 1.33. The van der Waals surface area contributed by atoms with Gasteiger partial charge < -0.3 is 14.3 Å². The van der Waals surface area contributed by atoms with Gasteiger partial charge in [0, 0.05) is 19.2 Å². The maximum absolute atomic E-state index is 6.89. The van der Waals surface area contributed by atoms with E-state index in [1.165, 1.54) is 0 Å². The standard InChI is InChI=1S/C13H18N2O2/c1-4-16-7-8-17-13-6-5-12(15-10-13)9-11(2)14-3/h5-6,10-11H,4,7-9H2,1-2H3. The van der Waals surface area contributed by atoms with Crippen LogP contribution in [0.1, 0.15) is 19.5 Å². The topological polar surface area (TPSA) is 35.7 Å². The molecule has 0 N–H and O–H groups in total. The summed E-state index contributed by atoms with van der Waals surface area (Å²) in [4.78, 5) is 7.69. The van der Waals surface area contributed by atoms with Gasteiger partial charge in [-0.2, -0.15) is 0 Å². The van der Waals surface area contributed by atoms with Crippen molar-refractivity contribution in [1.29, 1.82) is 0 Å². The molecule has 0 aliphatic heterocycles. The molecule has 0 fully saturated rings. The molecule has 0 bridgehead atoms. The third kappa shape index (κ3) is 5.32. The van der Waals surface area contributed by atoms with Crippen molar-refractivity contribution in [1.82, 2.24) is 4.98 Å². The van der Waals surface area contributed by atoms with Gasteiger partial charge in [-0.1, -0.05) is 0 Å². The summed E-state index contributed by atoms with van der Waals surface area (Å²) in [5.41, 5.74) is 0.922. The highest BCUT2D eigenvalue weighted by Gasteiger charge is 2.06. The highest BCUT2D eigenvalue weighted by atomic mass is 16.5. The molecule has 1 unspecified atom stereocenters. The maximum Gasteiger partial charge on any atom is 0.226 e. The van der Waals surface area contributed by atoms with E-state index in [2.05, 4.69) is 9.83 Å². The Balaban J connectivity index is 2.37. The van der Waals surface area contributed by atoms with Gasteiger partial charge in [0.2, 0.25) is 6.04 Å². The third-order valence-corrected chi connectivity index (χ3v) is 2.22. The van der Waals surface area contributed by atoms with Crippen LogP contribution >= 0.6 is 0 Å². The molecule has 0 saturated carbocycles. The highest BCUT2D eigenvalue weighted by Crippen LogP contribution is 2.10. The van der Waals surface area contributed by atoms with Crippen LogP contribution in [0.4, 0.5) is 0 Å². The predicted octanol–water partition coefficient (Wildman–Crippen LogP) is 2.35. The molecule has 1 aromatic rings. The third-order valence-electron chi connectivity index (χ3n) is 2.22. The second kappa shape index (κ2) is 7.64. The molecule has 0 radical (unpaired) electrons. The molecule has 4 heteroatoms. The van der Waals surface area contributed by atoms with Gasteiger partial charge in [-0.3, -0.25) is 4.98 Å². The van der Waals surface area contributed by atoms with E-state index in [9.17, 15) is 0 Å². The molecular formula is C13H18N2O2. The molecule has 0 aromatic carbocycles. The molecule has 92 valence electrons. The lowest BCUT2D eigenvalue weighted by molar-refractivity contribution is 0.110. The number of hydrogen-bond donors (Lipinski definition) is 0. The smallest absolute Gasteiger partial charge is 0.226 e. The number of aromatic nitrogens is 1. The second-order valence-electron chi connectivity index (χ2n) is 3.71. The first-order valence-corrected chi connectivity index (χ1v) is 5.78. The molecule has 0 spiro atoms. The molecular weight excluding hydrogens is 216 g/mol. The van der Waals surface area contributed by atoms with Crippen LogP contribution in [0.5, 0.6) is 5.75 Å². The first kappa shape index (κ1) is 13.5. The van der Waals surface area contributed by atoms with Crippen LogP contribution in [-0.2, 0) is 11.2 Å². The van der Waals surface area contributed by atoms with Crippen LogP contribution in [0, 0.1) is 6.57 Å². The van der Waals surface area contributed by atoms with E-state index < -0.39 is 0 Å². The summed E-state index contributed by atoms with van der Waals surface area (Å²) in [5, 5.41) is 0. The van der Waals surface area contributed by atoms with E-state index in [-0.39, 0.29) is 6.04 Å². The van der Waals surface area contributed by atoms with E-state index in [1.807, 2.05) is 26.0 Å². The fraction of sp³-hybridized carbons (Fsp3) is 0.538. The fourth-order valence-electron chi connectivity index (χ4n) is 1.33. The Morgan fingerprint density at radius 3 is 2.82 bits per heavy atom. The number of rotatable bonds is 7. The van der Waals surface area contributed by atoms with Gasteiger partial charge in [0.15, 0.2) is 0 Å². The molecule has 0 amide bonds. The first-order chi connectivity index (χ1) is 8.26. The van der Waals surface area contributed by atoms with Crippen molar-refractivity contribution in [2.45, 2.75) is 26.3 Å². The van der Waals surface area contributed by atoms with Crippen LogP contribution < -0.4 is 4.74 Å². The molecule has 1 rings (SSSR count). The van der Waals surface area contributed by atoms with Gasteiger partial charge in [-0.15, -0.1) is 0 Å². The van der Waals surface area contributed by atoms with E-state index in [1.54, 1.807) is 6.20 Å². The van der Waals surface area contributed by atoms with Crippen LogP contribution in [0.25, 0.3) is 4.85 Å². The molecule has 4 nitrogen and oxygen atoms in total. The molecule has 17 heavy (non-hydrogen) atoms. The van der Waals surface area contributed by atoms with Crippen LogP contribution in [0.15, 0.2) is 18.3 Å². The van der Waals surface area contributed by atoms with Crippen molar-refractivity contribution < 1.29 is 9.47 Å². The SMILES string of the molecule is [C-]#[N+]C(C)Cc1ccc(OCCOCC)cn1. The van der Waals surface area contributed by atoms with E-state index in [0.717, 1.165) is 11.4 Å². The summed E-state index contributed by atoms with van der Waals surface area (Å²) in [7, 11) is 0. The van der Waals surface area contributed by atoms with Gasteiger partial charge in [0.1, 0.15) is 12.4 Å². The summed E-state index contributed by atoms with van der Waals surface area (Å²) in [6, 6.07) is 3.76. The summed E-state index contributed by atoms with van der Waals surface area (Å²) in [6.45, 7) is 12.6. The Hall–Kier alpha value is -1.60. The summed E-state index contributed by atoms with van der Waals surface area (Å²) >= 11 is 0. The van der Waals surface area contributed by atoms with Crippen molar-refractivity contribution in [3.05, 3.63) is 35.4 Å². The Morgan fingerprint density at radius 2 is 2.24 bits per heavy atom. The molecule has 1 aromatic heterocycles. The van der Waals surface area contributed by atoms with Crippen molar-refractivity contribution >= 4 is 0 Å². The highest BCUT2D eigenvalue weighted by molar-refractivity contribution is 5.20. The maximum atomic E-state index is 6.89. The minimum Gasteiger partial charge on any atom is -0.490 e. The predicted molar refractivity (Wildman–Crippen MR) is 66.0 cm³/mol. The number of ether oxygens (including phenoxy) is 2.